The molecule has 7 heteroatoms. The molecule has 2 aliphatic heterocycles. The molecule has 1 aromatic carbocycles. The van der Waals surface area contributed by atoms with E-state index in [1.165, 1.54) is 25.7 Å². The van der Waals surface area contributed by atoms with Crippen molar-refractivity contribution in [3.05, 3.63) is 36.7 Å². The molecule has 0 radical (unpaired) electrons. The Balaban J connectivity index is 1.28. The first-order chi connectivity index (χ1) is 13.8. The third-order valence-corrected chi connectivity index (χ3v) is 5.82. The molecule has 2 aromatic heterocycles. The number of nitrogens with zero attached hydrogens (tertiary/aromatic N) is 5. The van der Waals surface area contributed by atoms with Gasteiger partial charge in [0.25, 0.3) is 0 Å². The van der Waals surface area contributed by atoms with Crippen molar-refractivity contribution in [3.8, 4) is 0 Å². The maximum absolute atomic E-state index is 4.90. The third-order valence-electron chi connectivity index (χ3n) is 5.82. The second kappa shape index (κ2) is 7.66. The predicted octanol–water partition coefficient (Wildman–Crippen LogP) is 3.42. The van der Waals surface area contributed by atoms with Gasteiger partial charge in [0.2, 0.25) is 5.95 Å². The summed E-state index contributed by atoms with van der Waals surface area (Å²) in [5.74, 6) is 1.94. The molecule has 0 amide bonds. The highest BCUT2D eigenvalue weighted by atomic mass is 15.3. The summed E-state index contributed by atoms with van der Waals surface area (Å²) in [6.45, 7) is 4.16. The monoisotopic (exact) mass is 377 g/mol. The Morgan fingerprint density at radius 3 is 2.82 bits per heavy atom. The Hall–Kier alpha value is -2.83. The van der Waals surface area contributed by atoms with Crippen LogP contribution in [0.4, 0.5) is 17.5 Å². The Morgan fingerprint density at radius 1 is 1.00 bits per heavy atom. The first kappa shape index (κ1) is 17.3. The third kappa shape index (κ3) is 3.61. The van der Waals surface area contributed by atoms with Gasteiger partial charge in [-0.05, 0) is 56.4 Å². The van der Waals surface area contributed by atoms with Crippen LogP contribution in [0.15, 0.2) is 36.7 Å². The minimum Gasteiger partial charge on any atom is -0.381 e. The fourth-order valence-corrected chi connectivity index (χ4v) is 4.33. The number of aromatic nitrogens is 4. The van der Waals surface area contributed by atoms with Crippen molar-refractivity contribution in [1.29, 1.82) is 0 Å². The summed E-state index contributed by atoms with van der Waals surface area (Å²) in [6.07, 6.45) is 9.92. The van der Waals surface area contributed by atoms with E-state index >= 15 is 0 Å². The summed E-state index contributed by atoms with van der Waals surface area (Å²) in [7, 11) is 0. The summed E-state index contributed by atoms with van der Waals surface area (Å²) in [6, 6.07) is 8.83. The predicted molar refractivity (Wildman–Crippen MR) is 113 cm³/mol. The van der Waals surface area contributed by atoms with Gasteiger partial charge in [0.15, 0.2) is 0 Å². The Morgan fingerprint density at radius 2 is 1.89 bits per heavy atom. The molecule has 1 unspecified atom stereocenters. The normalized spacial score (nSPS) is 20.5. The molecule has 2 fully saturated rings. The van der Waals surface area contributed by atoms with Crippen molar-refractivity contribution in [2.24, 2.45) is 0 Å². The molecular weight excluding hydrogens is 350 g/mol. The molecule has 4 heterocycles. The number of fused-ring (bicyclic) bond motifs is 1. The van der Waals surface area contributed by atoms with Crippen molar-refractivity contribution in [2.45, 2.75) is 38.1 Å². The van der Waals surface area contributed by atoms with Crippen molar-refractivity contribution >= 4 is 28.4 Å². The fourth-order valence-electron chi connectivity index (χ4n) is 4.33. The Labute approximate surface area is 165 Å². The van der Waals surface area contributed by atoms with E-state index in [0.29, 0.717) is 6.04 Å². The molecule has 2 aliphatic rings. The zero-order valence-corrected chi connectivity index (χ0v) is 16.1. The minimum absolute atomic E-state index is 0.409. The zero-order valence-electron chi connectivity index (χ0n) is 16.1. The summed E-state index contributed by atoms with van der Waals surface area (Å²) >= 11 is 0. The van der Waals surface area contributed by atoms with Gasteiger partial charge in [-0.2, -0.15) is 10.1 Å². The molecule has 3 aromatic rings. The van der Waals surface area contributed by atoms with Crippen LogP contribution in [0.2, 0.25) is 0 Å². The Kier molecular flexibility index (Phi) is 4.72. The van der Waals surface area contributed by atoms with Crippen LogP contribution in [0, 0.1) is 0 Å². The summed E-state index contributed by atoms with van der Waals surface area (Å²) in [5.41, 5.74) is 2.22. The van der Waals surface area contributed by atoms with E-state index in [2.05, 4.69) is 48.5 Å². The molecule has 0 aliphatic carbocycles. The summed E-state index contributed by atoms with van der Waals surface area (Å²) in [4.78, 5) is 14.2. The van der Waals surface area contributed by atoms with E-state index in [-0.39, 0.29) is 0 Å². The van der Waals surface area contributed by atoms with Gasteiger partial charge in [-0.25, -0.2) is 4.98 Å². The molecule has 0 bridgehead atoms. The highest BCUT2D eigenvalue weighted by Gasteiger charge is 2.22. The van der Waals surface area contributed by atoms with Crippen molar-refractivity contribution in [1.82, 2.24) is 20.2 Å². The van der Waals surface area contributed by atoms with Gasteiger partial charge in [-0.1, -0.05) is 0 Å². The van der Waals surface area contributed by atoms with Crippen LogP contribution in [0.1, 0.15) is 32.1 Å². The summed E-state index contributed by atoms with van der Waals surface area (Å²) < 4.78 is 0. The standard InChI is InChI=1S/C21H27N7/c1-2-10-27(11-3-1)21-22-9-8-20(25-21)28-12-4-5-18(15-28)24-17-6-7-19-16(13-17)14-23-26-19/h6-9,13-14,18,24H,1-5,10-12,15H2,(H,23,26). The average Bonchev–Trinajstić information content (AvgIpc) is 3.23. The van der Waals surface area contributed by atoms with Gasteiger partial charge in [0.05, 0.1) is 11.7 Å². The average molecular weight is 377 g/mol. The van der Waals surface area contributed by atoms with E-state index in [9.17, 15) is 0 Å². The molecule has 0 saturated carbocycles. The largest absolute Gasteiger partial charge is 0.381 e. The van der Waals surface area contributed by atoms with Crippen LogP contribution in [-0.2, 0) is 0 Å². The lowest BCUT2D eigenvalue weighted by Gasteiger charge is -2.35. The topological polar surface area (TPSA) is 73.0 Å². The zero-order chi connectivity index (χ0) is 18.8. The molecule has 1 atom stereocenters. The smallest absolute Gasteiger partial charge is 0.227 e. The highest BCUT2D eigenvalue weighted by molar-refractivity contribution is 5.81. The van der Waals surface area contributed by atoms with Crippen LogP contribution in [0.25, 0.3) is 10.9 Å². The van der Waals surface area contributed by atoms with E-state index in [0.717, 1.165) is 61.0 Å². The van der Waals surface area contributed by atoms with Crippen molar-refractivity contribution < 1.29 is 0 Å². The number of benzene rings is 1. The van der Waals surface area contributed by atoms with Crippen LogP contribution in [0.3, 0.4) is 0 Å². The fraction of sp³-hybridized carbons (Fsp3) is 0.476. The molecule has 2 saturated heterocycles. The SMILES string of the molecule is c1cc(N2CCCC(Nc3ccc4[nH]ncc4c3)C2)nc(N2CCCCC2)n1. The number of H-pyrrole nitrogens is 1. The lowest BCUT2D eigenvalue weighted by atomic mass is 10.1. The maximum atomic E-state index is 4.90. The van der Waals surface area contributed by atoms with E-state index in [1.807, 2.05) is 18.5 Å². The highest BCUT2D eigenvalue weighted by Crippen LogP contribution is 2.24. The lowest BCUT2D eigenvalue weighted by molar-refractivity contribution is 0.525. The van der Waals surface area contributed by atoms with Crippen LogP contribution >= 0.6 is 0 Å². The van der Waals surface area contributed by atoms with Crippen molar-refractivity contribution in [3.63, 3.8) is 0 Å². The minimum atomic E-state index is 0.409. The first-order valence-corrected chi connectivity index (χ1v) is 10.4. The molecule has 2 N–H and O–H groups in total. The van der Waals surface area contributed by atoms with Crippen LogP contribution in [0.5, 0.6) is 0 Å². The number of piperidine rings is 2. The van der Waals surface area contributed by atoms with Gasteiger partial charge in [-0.3, -0.25) is 5.10 Å². The maximum Gasteiger partial charge on any atom is 0.227 e. The number of nitrogens with one attached hydrogen (secondary N) is 2. The second-order valence-corrected chi connectivity index (χ2v) is 7.86. The molecule has 5 rings (SSSR count). The number of hydrogen-bond donors (Lipinski definition) is 2. The van der Waals surface area contributed by atoms with Crippen LogP contribution < -0.4 is 15.1 Å². The molecular formula is C21H27N7. The van der Waals surface area contributed by atoms with Gasteiger partial charge in [0, 0.05) is 49.5 Å². The molecule has 0 spiro atoms. The number of anilines is 3. The second-order valence-electron chi connectivity index (χ2n) is 7.86. The van der Waals surface area contributed by atoms with E-state index in [4.69, 9.17) is 4.98 Å². The van der Waals surface area contributed by atoms with Gasteiger partial charge in [-0.15, -0.1) is 0 Å². The van der Waals surface area contributed by atoms with E-state index in [1.54, 1.807) is 0 Å². The molecule has 28 heavy (non-hydrogen) atoms. The summed E-state index contributed by atoms with van der Waals surface area (Å²) in [5, 5.41) is 12.0. The molecule has 7 nitrogen and oxygen atoms in total. The number of hydrogen-bond acceptors (Lipinski definition) is 6. The number of aromatic amines is 1. The van der Waals surface area contributed by atoms with Crippen molar-refractivity contribution in [2.75, 3.05) is 41.3 Å². The van der Waals surface area contributed by atoms with Gasteiger partial charge >= 0.3 is 0 Å². The van der Waals surface area contributed by atoms with E-state index < -0.39 is 0 Å². The number of rotatable bonds is 4. The van der Waals surface area contributed by atoms with Crippen LogP contribution in [-0.4, -0.2) is 52.4 Å². The quantitative estimate of drug-likeness (QED) is 0.726. The van der Waals surface area contributed by atoms with Gasteiger partial charge in [0.1, 0.15) is 5.82 Å². The Bertz CT molecular complexity index is 931. The first-order valence-electron chi connectivity index (χ1n) is 10.4. The molecule has 146 valence electrons. The lowest BCUT2D eigenvalue weighted by Crippen LogP contribution is -2.42. The van der Waals surface area contributed by atoms with Gasteiger partial charge < -0.3 is 15.1 Å².